The third-order valence-electron chi connectivity index (χ3n) is 6.88. The Morgan fingerprint density at radius 3 is 2.62 bits per heavy atom. The Morgan fingerprint density at radius 1 is 1.10 bits per heavy atom. The highest BCUT2D eigenvalue weighted by Crippen LogP contribution is 2.35. The van der Waals surface area contributed by atoms with E-state index >= 15 is 0 Å². The fourth-order valence-corrected chi connectivity index (χ4v) is 4.96. The molecule has 0 aromatic carbocycles. The highest BCUT2D eigenvalue weighted by atomic mass is 16.2. The largest absolute Gasteiger partial charge is 0.356 e. The SMILES string of the molecule is CCN(CC)C(=O)CN1CCC[C@@H](c2nc(C)c3c(n2)N(CC2CC2)CCC3)C1. The molecule has 0 unspecified atom stereocenters. The Kier molecular flexibility index (Phi) is 6.38. The summed E-state index contributed by atoms with van der Waals surface area (Å²) < 4.78 is 0. The third-order valence-corrected chi connectivity index (χ3v) is 6.88. The molecule has 160 valence electrons. The fourth-order valence-electron chi connectivity index (χ4n) is 4.96. The number of aryl methyl sites for hydroxylation is 1. The van der Waals surface area contributed by atoms with Crippen LogP contribution in [0.15, 0.2) is 0 Å². The monoisotopic (exact) mass is 399 g/mol. The van der Waals surface area contributed by atoms with E-state index in [0.29, 0.717) is 12.5 Å². The lowest BCUT2D eigenvalue weighted by molar-refractivity contribution is -0.132. The van der Waals surface area contributed by atoms with Crippen molar-refractivity contribution in [3.05, 3.63) is 17.1 Å². The lowest BCUT2D eigenvalue weighted by Crippen LogP contribution is -2.44. The smallest absolute Gasteiger partial charge is 0.236 e. The lowest BCUT2D eigenvalue weighted by Gasteiger charge is -2.35. The molecule has 1 saturated carbocycles. The highest BCUT2D eigenvalue weighted by molar-refractivity contribution is 5.78. The maximum atomic E-state index is 12.6. The number of anilines is 1. The zero-order chi connectivity index (χ0) is 20.4. The Morgan fingerprint density at radius 2 is 1.90 bits per heavy atom. The molecule has 1 aliphatic carbocycles. The van der Waals surface area contributed by atoms with Crippen molar-refractivity contribution in [2.24, 2.45) is 5.92 Å². The molecule has 3 heterocycles. The molecule has 0 spiro atoms. The zero-order valence-corrected chi connectivity index (χ0v) is 18.5. The van der Waals surface area contributed by atoms with Gasteiger partial charge in [0.15, 0.2) is 0 Å². The number of rotatable bonds is 7. The van der Waals surface area contributed by atoms with E-state index < -0.39 is 0 Å². The van der Waals surface area contributed by atoms with Crippen LogP contribution in [0, 0.1) is 12.8 Å². The van der Waals surface area contributed by atoms with E-state index in [0.717, 1.165) is 70.3 Å². The van der Waals surface area contributed by atoms with Gasteiger partial charge in [0.05, 0.1) is 6.54 Å². The number of carbonyl (C=O) groups is 1. The Bertz CT molecular complexity index is 728. The highest BCUT2D eigenvalue weighted by Gasteiger charge is 2.31. The van der Waals surface area contributed by atoms with Gasteiger partial charge in [0, 0.05) is 49.9 Å². The summed E-state index contributed by atoms with van der Waals surface area (Å²) in [5.41, 5.74) is 2.53. The second-order valence-electron chi connectivity index (χ2n) is 9.10. The second-order valence-corrected chi connectivity index (χ2v) is 9.10. The molecule has 1 saturated heterocycles. The Balaban J connectivity index is 1.49. The van der Waals surface area contributed by atoms with E-state index in [4.69, 9.17) is 9.97 Å². The van der Waals surface area contributed by atoms with E-state index in [1.807, 2.05) is 4.90 Å². The van der Waals surface area contributed by atoms with Gasteiger partial charge < -0.3 is 9.80 Å². The molecule has 4 rings (SSSR count). The number of aromatic nitrogens is 2. The molecule has 0 N–H and O–H groups in total. The molecule has 6 heteroatoms. The van der Waals surface area contributed by atoms with E-state index in [-0.39, 0.29) is 5.91 Å². The van der Waals surface area contributed by atoms with Crippen LogP contribution in [0.1, 0.15) is 69.0 Å². The fraction of sp³-hybridized carbons (Fsp3) is 0.783. The molecule has 6 nitrogen and oxygen atoms in total. The minimum absolute atomic E-state index is 0.244. The number of hydrogen-bond acceptors (Lipinski definition) is 5. The van der Waals surface area contributed by atoms with E-state index in [2.05, 4.69) is 30.6 Å². The van der Waals surface area contributed by atoms with Crippen LogP contribution in [0.2, 0.25) is 0 Å². The maximum Gasteiger partial charge on any atom is 0.236 e. The molecule has 29 heavy (non-hydrogen) atoms. The molecule has 1 aromatic heterocycles. The van der Waals surface area contributed by atoms with Gasteiger partial charge in [-0.15, -0.1) is 0 Å². The number of likely N-dealkylation sites (N-methyl/N-ethyl adjacent to an activating group) is 1. The predicted molar refractivity (Wildman–Crippen MR) is 116 cm³/mol. The molecule has 2 fully saturated rings. The molecular formula is C23H37N5O. The molecule has 0 radical (unpaired) electrons. The van der Waals surface area contributed by atoms with Crippen LogP contribution in [-0.2, 0) is 11.2 Å². The van der Waals surface area contributed by atoms with Crippen molar-refractivity contribution in [2.75, 3.05) is 50.7 Å². The van der Waals surface area contributed by atoms with Crippen LogP contribution in [-0.4, -0.2) is 71.5 Å². The van der Waals surface area contributed by atoms with Gasteiger partial charge in [-0.2, -0.15) is 0 Å². The second kappa shape index (κ2) is 8.99. The molecule has 1 aromatic rings. The molecule has 1 atom stereocenters. The van der Waals surface area contributed by atoms with Crippen molar-refractivity contribution >= 4 is 11.7 Å². The topological polar surface area (TPSA) is 52.6 Å². The average Bonchev–Trinajstić information content (AvgIpc) is 3.54. The van der Waals surface area contributed by atoms with Crippen LogP contribution in [0.25, 0.3) is 0 Å². The average molecular weight is 400 g/mol. The molecule has 0 bridgehead atoms. The summed E-state index contributed by atoms with van der Waals surface area (Å²) in [6.07, 6.45) is 7.31. The predicted octanol–water partition coefficient (Wildman–Crippen LogP) is 3.00. The number of likely N-dealkylation sites (tertiary alicyclic amines) is 1. The van der Waals surface area contributed by atoms with Crippen LogP contribution in [0.4, 0.5) is 5.82 Å². The number of nitrogens with zero attached hydrogens (tertiary/aromatic N) is 5. The third kappa shape index (κ3) is 4.73. The Hall–Kier alpha value is -1.69. The van der Waals surface area contributed by atoms with Crippen molar-refractivity contribution in [3.63, 3.8) is 0 Å². The van der Waals surface area contributed by atoms with Gasteiger partial charge in [-0.1, -0.05) is 0 Å². The normalized spacial score (nSPS) is 22.4. The van der Waals surface area contributed by atoms with Crippen molar-refractivity contribution in [2.45, 2.75) is 65.2 Å². The number of hydrogen-bond donors (Lipinski definition) is 0. The van der Waals surface area contributed by atoms with Gasteiger partial charge in [0.2, 0.25) is 5.91 Å². The standard InChI is InChI=1S/C23H37N5O/c1-4-27(5-2)21(29)16-26-12-6-8-19(15-26)22-24-17(3)20-9-7-13-28(23(20)25-22)14-18-10-11-18/h18-19H,4-16H2,1-3H3/t19-/m1/s1. The zero-order valence-electron chi connectivity index (χ0n) is 18.5. The van der Waals surface area contributed by atoms with Crippen LogP contribution < -0.4 is 4.90 Å². The maximum absolute atomic E-state index is 12.6. The van der Waals surface area contributed by atoms with Crippen molar-refractivity contribution in [3.8, 4) is 0 Å². The van der Waals surface area contributed by atoms with Crippen molar-refractivity contribution < 1.29 is 4.79 Å². The minimum atomic E-state index is 0.244. The summed E-state index contributed by atoms with van der Waals surface area (Å²) in [6.45, 7) is 12.6. The molecule has 3 aliphatic rings. The first kappa shape index (κ1) is 20.6. The van der Waals surface area contributed by atoms with Crippen molar-refractivity contribution in [1.29, 1.82) is 0 Å². The minimum Gasteiger partial charge on any atom is -0.356 e. The van der Waals surface area contributed by atoms with E-state index in [1.165, 1.54) is 36.3 Å². The molecule has 1 amide bonds. The van der Waals surface area contributed by atoms with E-state index in [9.17, 15) is 4.79 Å². The first-order valence-electron chi connectivity index (χ1n) is 11.7. The van der Waals surface area contributed by atoms with Gasteiger partial charge in [-0.3, -0.25) is 9.69 Å². The summed E-state index contributed by atoms with van der Waals surface area (Å²) in [6, 6.07) is 0. The summed E-state index contributed by atoms with van der Waals surface area (Å²) in [5, 5.41) is 0. The van der Waals surface area contributed by atoms with Gasteiger partial charge in [0.1, 0.15) is 11.6 Å². The summed E-state index contributed by atoms with van der Waals surface area (Å²) in [5.74, 6) is 3.66. The van der Waals surface area contributed by atoms with Crippen LogP contribution in [0.3, 0.4) is 0 Å². The first-order chi connectivity index (χ1) is 14.1. The van der Waals surface area contributed by atoms with Gasteiger partial charge in [0.25, 0.3) is 0 Å². The quantitative estimate of drug-likeness (QED) is 0.705. The first-order valence-corrected chi connectivity index (χ1v) is 11.7. The van der Waals surface area contributed by atoms with Gasteiger partial charge in [-0.25, -0.2) is 9.97 Å². The summed E-state index contributed by atoms with van der Waals surface area (Å²) >= 11 is 0. The number of amides is 1. The van der Waals surface area contributed by atoms with Gasteiger partial charge in [-0.05, 0) is 71.8 Å². The van der Waals surface area contributed by atoms with Crippen LogP contribution in [0.5, 0.6) is 0 Å². The Labute approximate surface area is 175 Å². The summed E-state index contributed by atoms with van der Waals surface area (Å²) in [7, 11) is 0. The number of piperidine rings is 1. The van der Waals surface area contributed by atoms with Gasteiger partial charge >= 0.3 is 0 Å². The number of fused-ring (bicyclic) bond motifs is 1. The lowest BCUT2D eigenvalue weighted by atomic mass is 9.96. The number of carbonyl (C=O) groups excluding carboxylic acids is 1. The van der Waals surface area contributed by atoms with E-state index in [1.54, 1.807) is 0 Å². The van der Waals surface area contributed by atoms with Crippen LogP contribution >= 0.6 is 0 Å². The molecular weight excluding hydrogens is 362 g/mol. The molecule has 2 aliphatic heterocycles. The summed E-state index contributed by atoms with van der Waals surface area (Å²) in [4.78, 5) is 29.4. The van der Waals surface area contributed by atoms with Crippen molar-refractivity contribution in [1.82, 2.24) is 19.8 Å².